The molecule has 0 aromatic rings. The van der Waals surface area contributed by atoms with Crippen molar-refractivity contribution in [3.8, 4) is 0 Å². The number of aliphatic hydroxyl groups is 1. The monoisotopic (exact) mass is 1520 g/mol. The van der Waals surface area contributed by atoms with Crippen LogP contribution in [0.2, 0.25) is 0 Å². The number of hydrogen-bond donors (Lipinski definition) is 3. The van der Waals surface area contributed by atoms with E-state index in [2.05, 4.69) is 198 Å². The van der Waals surface area contributed by atoms with E-state index in [-0.39, 0.29) is 25.7 Å². The summed E-state index contributed by atoms with van der Waals surface area (Å²) >= 11 is 0. The normalized spacial score (nSPS) is 14.8. The number of hydrogen-bond acceptors (Lipinski definition) is 15. The van der Waals surface area contributed by atoms with Crippen molar-refractivity contribution in [1.82, 2.24) is 0 Å². The first-order valence-electron chi connectivity index (χ1n) is 40.0. The molecule has 0 aliphatic heterocycles. The highest BCUT2D eigenvalue weighted by molar-refractivity contribution is 7.47. The summed E-state index contributed by atoms with van der Waals surface area (Å²) in [6, 6.07) is 0. The summed E-state index contributed by atoms with van der Waals surface area (Å²) < 4.78 is 68.5. The molecule has 0 aliphatic carbocycles. The number of carbonyl (C=O) groups is 4. The first-order valence-corrected chi connectivity index (χ1v) is 43.0. The Morgan fingerprint density at radius 3 is 0.792 bits per heavy atom. The fraction of sp³-hybridized carbons (Fsp3) is 0.609. The highest BCUT2D eigenvalue weighted by Crippen LogP contribution is 2.45. The van der Waals surface area contributed by atoms with Gasteiger partial charge in [-0.25, -0.2) is 9.13 Å². The van der Waals surface area contributed by atoms with Gasteiger partial charge in [-0.3, -0.25) is 37.3 Å². The van der Waals surface area contributed by atoms with Crippen molar-refractivity contribution in [2.24, 2.45) is 0 Å². The number of esters is 4. The van der Waals surface area contributed by atoms with E-state index in [0.29, 0.717) is 32.1 Å². The smallest absolute Gasteiger partial charge is 0.462 e. The zero-order chi connectivity index (χ0) is 77.4. The van der Waals surface area contributed by atoms with E-state index in [1.165, 1.54) is 38.5 Å². The minimum atomic E-state index is -5.01. The third kappa shape index (κ3) is 76.4. The average molecular weight is 1520 g/mol. The van der Waals surface area contributed by atoms with Crippen LogP contribution < -0.4 is 0 Å². The molecule has 600 valence electrons. The molecule has 0 spiro atoms. The zero-order valence-electron chi connectivity index (χ0n) is 65.5. The Labute approximate surface area is 641 Å². The second-order valence-corrected chi connectivity index (χ2v) is 28.8. The maximum absolute atomic E-state index is 13.1. The van der Waals surface area contributed by atoms with Gasteiger partial charge in [0.1, 0.15) is 19.3 Å². The second kappa shape index (κ2) is 77.3. The van der Waals surface area contributed by atoms with Gasteiger partial charge in [0.05, 0.1) is 26.4 Å². The van der Waals surface area contributed by atoms with Crippen LogP contribution in [0.1, 0.15) is 285 Å². The lowest BCUT2D eigenvalue weighted by Crippen LogP contribution is -2.30. The Bertz CT molecular complexity index is 2730. The molecular weight excluding hydrogens is 1380 g/mol. The fourth-order valence-corrected chi connectivity index (χ4v) is 11.5. The van der Waals surface area contributed by atoms with E-state index < -0.39 is 97.5 Å². The molecule has 0 amide bonds. The first-order chi connectivity index (χ1) is 51.7. The molecule has 0 radical (unpaired) electrons. The number of unbranched alkanes of at least 4 members (excludes halogenated alkanes) is 17. The van der Waals surface area contributed by atoms with Gasteiger partial charge in [-0.1, -0.05) is 287 Å². The maximum atomic E-state index is 13.1. The molecule has 0 bridgehead atoms. The van der Waals surface area contributed by atoms with Crippen LogP contribution in [0.4, 0.5) is 0 Å². The van der Waals surface area contributed by atoms with Crippen molar-refractivity contribution < 1.29 is 80.2 Å². The number of ether oxygens (including phenoxy) is 4. The average Bonchev–Trinajstić information content (AvgIpc) is 0.901. The zero-order valence-corrected chi connectivity index (χ0v) is 67.3. The summed E-state index contributed by atoms with van der Waals surface area (Å²) in [6.07, 6.45) is 93.1. The molecule has 5 atom stereocenters. The van der Waals surface area contributed by atoms with Crippen LogP contribution in [0, 0.1) is 0 Å². The topological polar surface area (TPSA) is 237 Å². The molecule has 0 aromatic carbocycles. The third-order valence-corrected chi connectivity index (χ3v) is 17.8. The van der Waals surface area contributed by atoms with E-state index in [0.717, 1.165) is 161 Å². The number of rotatable bonds is 73. The number of carbonyl (C=O) groups excluding carboxylic acids is 4. The number of allylic oxidation sites excluding steroid dienone is 30. The molecule has 106 heavy (non-hydrogen) atoms. The molecule has 5 unspecified atom stereocenters. The highest BCUT2D eigenvalue weighted by Gasteiger charge is 2.30. The Balaban J connectivity index is 5.48. The lowest BCUT2D eigenvalue weighted by Gasteiger charge is -2.21. The van der Waals surface area contributed by atoms with Crippen molar-refractivity contribution in [2.45, 2.75) is 303 Å². The van der Waals surface area contributed by atoms with Gasteiger partial charge in [-0.15, -0.1) is 0 Å². The van der Waals surface area contributed by atoms with Crippen molar-refractivity contribution in [3.05, 3.63) is 182 Å². The number of phosphoric acid groups is 2. The van der Waals surface area contributed by atoms with E-state index >= 15 is 0 Å². The van der Waals surface area contributed by atoms with E-state index in [4.69, 9.17) is 37.0 Å². The Kier molecular flexibility index (Phi) is 73.1. The molecule has 0 heterocycles. The van der Waals surface area contributed by atoms with Crippen LogP contribution in [-0.4, -0.2) is 96.7 Å². The summed E-state index contributed by atoms with van der Waals surface area (Å²) in [5.74, 6) is -2.33. The van der Waals surface area contributed by atoms with Gasteiger partial charge >= 0.3 is 39.5 Å². The number of phosphoric ester groups is 2. The van der Waals surface area contributed by atoms with Crippen LogP contribution >= 0.6 is 15.6 Å². The quantitative estimate of drug-likeness (QED) is 0.0169. The molecule has 0 aliphatic rings. The van der Waals surface area contributed by atoms with Crippen LogP contribution in [0.5, 0.6) is 0 Å². The predicted octanol–water partition coefficient (Wildman–Crippen LogP) is 23.6. The summed E-state index contributed by atoms with van der Waals surface area (Å²) in [7, 11) is -10.0. The summed E-state index contributed by atoms with van der Waals surface area (Å²) in [6.45, 7) is 4.36. The lowest BCUT2D eigenvalue weighted by atomic mass is 10.1. The van der Waals surface area contributed by atoms with Gasteiger partial charge in [-0.2, -0.15) is 0 Å². The van der Waals surface area contributed by atoms with Gasteiger partial charge in [0, 0.05) is 25.7 Å². The summed E-state index contributed by atoms with van der Waals surface area (Å²) in [4.78, 5) is 73.0. The molecule has 17 nitrogen and oxygen atoms in total. The molecule has 0 aromatic heterocycles. The first kappa shape index (κ1) is 100. The molecule has 3 N–H and O–H groups in total. The third-order valence-electron chi connectivity index (χ3n) is 15.9. The van der Waals surface area contributed by atoms with Gasteiger partial charge in [0.15, 0.2) is 12.2 Å². The van der Waals surface area contributed by atoms with E-state index in [9.17, 15) is 43.2 Å². The molecule has 0 rings (SSSR count). The SMILES string of the molecule is CC/C=C\C/C=C\C/C=C\C/C=C\C/C=C\CCCCCC(=O)OCC(COP(=O)(O)OCC(O)COP(=O)(O)OCC(COC(=O)CCC/C=C\C/C=C\C/C=C\C/C=C\C/C=C\CC)OC(=O)CCCCCCCCCCCCC)OC(=O)CCCCC/C=C\C/C=C\C/C=C\C/C=C\C/C=C\CC. The highest BCUT2D eigenvalue weighted by atomic mass is 31.2. The minimum absolute atomic E-state index is 0.0398. The van der Waals surface area contributed by atoms with Crippen molar-refractivity contribution in [3.63, 3.8) is 0 Å². The van der Waals surface area contributed by atoms with Crippen LogP contribution in [0.15, 0.2) is 182 Å². The predicted molar refractivity (Wildman–Crippen MR) is 436 cm³/mol. The molecule has 0 fully saturated rings. The molecule has 0 saturated heterocycles. The second-order valence-electron chi connectivity index (χ2n) is 25.9. The van der Waals surface area contributed by atoms with E-state index in [1.807, 2.05) is 12.2 Å². The fourth-order valence-electron chi connectivity index (χ4n) is 9.90. The lowest BCUT2D eigenvalue weighted by molar-refractivity contribution is -0.161. The molecular formula is C87H140O17P2. The van der Waals surface area contributed by atoms with Crippen LogP contribution in [-0.2, 0) is 65.4 Å². The summed E-state index contributed by atoms with van der Waals surface area (Å²) in [5, 5.41) is 10.6. The van der Waals surface area contributed by atoms with Gasteiger partial charge in [0.2, 0.25) is 0 Å². The van der Waals surface area contributed by atoms with Crippen molar-refractivity contribution in [1.29, 1.82) is 0 Å². The van der Waals surface area contributed by atoms with Crippen LogP contribution in [0.25, 0.3) is 0 Å². The Morgan fingerprint density at radius 1 is 0.274 bits per heavy atom. The Hall–Kier alpha value is -5.84. The van der Waals surface area contributed by atoms with Crippen LogP contribution in [0.3, 0.4) is 0 Å². The van der Waals surface area contributed by atoms with Gasteiger partial charge in [-0.05, 0) is 154 Å². The molecule has 19 heteroatoms. The minimum Gasteiger partial charge on any atom is -0.462 e. The number of aliphatic hydroxyl groups excluding tert-OH is 1. The van der Waals surface area contributed by atoms with Gasteiger partial charge in [0.25, 0.3) is 0 Å². The Morgan fingerprint density at radius 2 is 0.500 bits per heavy atom. The largest absolute Gasteiger partial charge is 0.472 e. The van der Waals surface area contributed by atoms with Crippen molar-refractivity contribution >= 4 is 39.5 Å². The summed E-state index contributed by atoms with van der Waals surface area (Å²) in [5.41, 5.74) is 0. The maximum Gasteiger partial charge on any atom is 0.472 e. The van der Waals surface area contributed by atoms with Gasteiger partial charge < -0.3 is 33.8 Å². The standard InChI is InChI=1S/C87H140O17P2/c1-5-9-13-17-21-25-29-32-35-38-40-43-46-49-53-56-60-64-68-72-85(90)98-78-83(104-87(92)74-70-66-62-58-54-50-47-44-41-39-36-33-30-26-22-18-14-10-6-2)80-102-106(95,96)100-76-81(88)75-99-105(93,94)101-79-82(103-86(91)73-69-65-61-57-51-28-24-20-16-12-8-4)77-97-84(89)71-67-63-59-55-52-48-45-42-37-34-31-27-23-19-15-11-7-3/h9-11,13-15,21-23,25-27,32-37,40-41,43-45,48-50,53-55,59,81-83,88H,5-8,12,16-20,24,28-31,38-39,42,46-47,51-52,56-58,60-80H2,1-4H3,(H,93,94)(H,95,96)/b13-9-,14-10-,15-11-,25-21-,26-22-,27-23-,35-32-,36-33-,37-34-,43-40-,44-41-,48-45-,53-49-,54-50-,59-55-. The molecule has 0 saturated carbocycles. The van der Waals surface area contributed by atoms with E-state index in [1.54, 1.807) is 0 Å². The van der Waals surface area contributed by atoms with Crippen molar-refractivity contribution in [2.75, 3.05) is 39.6 Å².